The van der Waals surface area contributed by atoms with E-state index < -0.39 is 14.9 Å². The second-order valence-electron chi connectivity index (χ2n) is 4.32. The lowest BCUT2D eigenvalue weighted by Gasteiger charge is -2.15. The van der Waals surface area contributed by atoms with E-state index in [2.05, 4.69) is 0 Å². The molecule has 0 fully saturated rings. The molecule has 9 heteroatoms. The van der Waals surface area contributed by atoms with E-state index in [1.54, 1.807) is 12.1 Å². The lowest BCUT2D eigenvalue weighted by atomic mass is 10.2. The van der Waals surface area contributed by atoms with E-state index in [4.69, 9.17) is 5.73 Å². The Balaban J connectivity index is 2.29. The number of benzene rings is 1. The molecule has 1 aromatic carbocycles. The van der Waals surface area contributed by atoms with Crippen molar-refractivity contribution in [3.05, 3.63) is 52.1 Å². The van der Waals surface area contributed by atoms with Crippen LogP contribution in [0, 0.1) is 10.1 Å². The van der Waals surface area contributed by atoms with Crippen molar-refractivity contribution in [1.29, 1.82) is 0 Å². The summed E-state index contributed by atoms with van der Waals surface area (Å²) in [5.41, 5.74) is 5.92. The van der Waals surface area contributed by atoms with Gasteiger partial charge in [-0.05, 0) is 5.56 Å². The fourth-order valence-electron chi connectivity index (χ4n) is 1.72. The summed E-state index contributed by atoms with van der Waals surface area (Å²) in [5, 5.41) is 10.6. The Labute approximate surface area is 125 Å². The molecule has 0 aliphatic heterocycles. The molecule has 0 aliphatic rings. The summed E-state index contributed by atoms with van der Waals surface area (Å²) in [6.45, 7) is 0.175. The van der Waals surface area contributed by atoms with Crippen molar-refractivity contribution in [2.24, 2.45) is 0 Å². The first kappa shape index (κ1) is 15.4. The Morgan fingerprint density at radius 2 is 1.95 bits per heavy atom. The molecule has 0 saturated carbocycles. The highest BCUT2D eigenvalue weighted by molar-refractivity contribution is 7.91. The number of nitrogens with zero attached hydrogens (tertiary/aromatic N) is 2. The van der Waals surface area contributed by atoms with E-state index in [-0.39, 0.29) is 21.4 Å². The van der Waals surface area contributed by atoms with Crippen molar-refractivity contribution in [2.75, 3.05) is 12.8 Å². The van der Waals surface area contributed by atoms with Crippen LogP contribution in [0.25, 0.3) is 0 Å². The third kappa shape index (κ3) is 3.20. The molecule has 1 aromatic heterocycles. The number of nitrogen functional groups attached to an aromatic ring is 1. The van der Waals surface area contributed by atoms with E-state index in [0.717, 1.165) is 15.9 Å². The molecular weight excluding hydrogens is 314 g/mol. The number of nitro groups is 1. The fourth-order valence-corrected chi connectivity index (χ4v) is 4.31. The molecule has 0 unspecified atom stereocenters. The maximum atomic E-state index is 12.4. The smallest absolute Gasteiger partial charge is 0.304 e. The standard InChI is InChI=1S/C12H13N3O4S2/c1-14(8-9-5-3-2-4-6-9)21(18,19)11-7-10(15(16)17)12(13)20-11/h2-7H,8,13H2,1H3. The van der Waals surface area contributed by atoms with Gasteiger partial charge in [0.1, 0.15) is 4.21 Å². The Kier molecular flexibility index (Phi) is 4.26. The van der Waals surface area contributed by atoms with Gasteiger partial charge in [0.15, 0.2) is 5.00 Å². The highest BCUT2D eigenvalue weighted by atomic mass is 32.2. The second kappa shape index (κ2) is 5.80. The summed E-state index contributed by atoms with van der Waals surface area (Å²) in [7, 11) is -2.38. The van der Waals surface area contributed by atoms with Crippen molar-refractivity contribution in [3.8, 4) is 0 Å². The zero-order valence-electron chi connectivity index (χ0n) is 11.1. The molecule has 112 valence electrons. The minimum atomic E-state index is -3.80. The summed E-state index contributed by atoms with van der Waals surface area (Å²) in [6, 6.07) is 10.1. The first-order chi connectivity index (χ1) is 9.82. The van der Waals surface area contributed by atoms with Crippen LogP contribution in [-0.2, 0) is 16.6 Å². The quantitative estimate of drug-likeness (QED) is 0.668. The van der Waals surface area contributed by atoms with E-state index in [1.165, 1.54) is 7.05 Å². The van der Waals surface area contributed by atoms with Gasteiger partial charge in [-0.25, -0.2) is 8.42 Å². The molecule has 0 spiro atoms. The van der Waals surface area contributed by atoms with Gasteiger partial charge in [-0.2, -0.15) is 4.31 Å². The van der Waals surface area contributed by atoms with Crippen LogP contribution < -0.4 is 5.73 Å². The molecule has 21 heavy (non-hydrogen) atoms. The van der Waals surface area contributed by atoms with Crippen LogP contribution in [-0.4, -0.2) is 24.7 Å². The molecule has 0 aliphatic carbocycles. The maximum absolute atomic E-state index is 12.4. The van der Waals surface area contributed by atoms with E-state index in [0.29, 0.717) is 11.3 Å². The van der Waals surface area contributed by atoms with Gasteiger partial charge >= 0.3 is 5.69 Å². The summed E-state index contributed by atoms with van der Waals surface area (Å²) in [4.78, 5) is 10.1. The van der Waals surface area contributed by atoms with E-state index in [9.17, 15) is 18.5 Å². The molecule has 0 saturated heterocycles. The first-order valence-electron chi connectivity index (χ1n) is 5.86. The molecule has 0 atom stereocenters. The predicted octanol–water partition coefficient (Wildman–Crippen LogP) is 2.06. The number of sulfonamides is 1. The Morgan fingerprint density at radius 3 is 2.48 bits per heavy atom. The number of rotatable bonds is 5. The molecule has 2 rings (SSSR count). The van der Waals surface area contributed by atoms with Crippen LogP contribution in [0.3, 0.4) is 0 Å². The summed E-state index contributed by atoms with van der Waals surface area (Å²) >= 11 is 0.695. The fraction of sp³-hybridized carbons (Fsp3) is 0.167. The van der Waals surface area contributed by atoms with Gasteiger partial charge in [-0.3, -0.25) is 10.1 Å². The summed E-state index contributed by atoms with van der Waals surface area (Å²) < 4.78 is 25.8. The molecule has 7 nitrogen and oxygen atoms in total. The molecule has 0 bridgehead atoms. The van der Waals surface area contributed by atoms with Crippen LogP contribution in [0.4, 0.5) is 10.7 Å². The molecule has 1 heterocycles. The van der Waals surface area contributed by atoms with Crippen LogP contribution in [0.1, 0.15) is 5.56 Å². The number of hydrogen-bond acceptors (Lipinski definition) is 6. The van der Waals surface area contributed by atoms with Crippen molar-refractivity contribution in [2.45, 2.75) is 10.8 Å². The van der Waals surface area contributed by atoms with E-state index >= 15 is 0 Å². The van der Waals surface area contributed by atoms with Crippen LogP contribution >= 0.6 is 11.3 Å². The van der Waals surface area contributed by atoms with Gasteiger partial charge in [0.25, 0.3) is 10.0 Å². The average Bonchev–Trinajstić information content (AvgIpc) is 2.82. The highest BCUT2D eigenvalue weighted by Gasteiger charge is 2.28. The largest absolute Gasteiger partial charge is 0.385 e. The molecule has 0 radical (unpaired) electrons. The Bertz CT molecular complexity index is 756. The zero-order valence-corrected chi connectivity index (χ0v) is 12.7. The van der Waals surface area contributed by atoms with Gasteiger partial charge in [-0.15, -0.1) is 0 Å². The normalized spacial score (nSPS) is 11.7. The lowest BCUT2D eigenvalue weighted by Crippen LogP contribution is -2.25. The molecule has 2 N–H and O–H groups in total. The summed E-state index contributed by atoms with van der Waals surface area (Å²) in [6.07, 6.45) is 0. The molecule has 2 aromatic rings. The highest BCUT2D eigenvalue weighted by Crippen LogP contribution is 2.35. The van der Waals surface area contributed by atoms with Crippen LogP contribution in [0.5, 0.6) is 0 Å². The predicted molar refractivity (Wildman–Crippen MR) is 80.5 cm³/mol. The average molecular weight is 327 g/mol. The van der Waals surface area contributed by atoms with Crippen molar-refractivity contribution >= 4 is 32.0 Å². The van der Waals surface area contributed by atoms with Gasteiger partial charge in [0.2, 0.25) is 0 Å². The van der Waals surface area contributed by atoms with Gasteiger partial charge in [-0.1, -0.05) is 41.7 Å². The van der Waals surface area contributed by atoms with E-state index in [1.807, 2.05) is 18.2 Å². The van der Waals surface area contributed by atoms with Gasteiger partial charge in [0.05, 0.1) is 4.92 Å². The van der Waals surface area contributed by atoms with Crippen LogP contribution in [0.2, 0.25) is 0 Å². The molecule has 0 amide bonds. The van der Waals surface area contributed by atoms with Gasteiger partial charge < -0.3 is 5.73 Å². The zero-order chi connectivity index (χ0) is 15.6. The lowest BCUT2D eigenvalue weighted by molar-refractivity contribution is -0.383. The van der Waals surface area contributed by atoms with Crippen LogP contribution in [0.15, 0.2) is 40.6 Å². The third-order valence-corrected chi connectivity index (χ3v) is 6.03. The minimum Gasteiger partial charge on any atom is -0.385 e. The Morgan fingerprint density at radius 1 is 1.33 bits per heavy atom. The Hall–Kier alpha value is -1.97. The molecular formula is C12H13N3O4S2. The SMILES string of the molecule is CN(Cc1ccccc1)S(=O)(=O)c1cc([N+](=O)[O-])c(N)s1. The number of nitrogens with two attached hydrogens (primary N) is 1. The van der Waals surface area contributed by atoms with Gasteiger partial charge in [0, 0.05) is 19.7 Å². The summed E-state index contributed by atoms with van der Waals surface area (Å²) in [5.74, 6) is 0. The maximum Gasteiger partial charge on any atom is 0.304 e. The first-order valence-corrected chi connectivity index (χ1v) is 8.12. The monoisotopic (exact) mass is 327 g/mol. The van der Waals surface area contributed by atoms with Crippen molar-refractivity contribution in [1.82, 2.24) is 4.31 Å². The number of hydrogen-bond donors (Lipinski definition) is 1. The van der Waals surface area contributed by atoms with Crippen molar-refractivity contribution < 1.29 is 13.3 Å². The number of anilines is 1. The minimum absolute atomic E-state index is 0.119. The van der Waals surface area contributed by atoms with Crippen molar-refractivity contribution in [3.63, 3.8) is 0 Å². The number of thiophene rings is 1. The topological polar surface area (TPSA) is 107 Å². The third-order valence-electron chi connectivity index (χ3n) is 2.83. The second-order valence-corrected chi connectivity index (χ2v) is 7.67.